The molecule has 0 radical (unpaired) electrons. The van der Waals surface area contributed by atoms with Crippen LogP contribution in [0.3, 0.4) is 0 Å². The van der Waals surface area contributed by atoms with E-state index in [2.05, 4.69) is 16.0 Å². The standard InChI is InChI=1S/C23H20ClN3O3/c1-15(28)25-14-16-6-8-17(9-7-16)22(29)27-21-5-3-2-4-20(21)23(30)26-19-12-10-18(24)11-13-19/h2-13H,14H2,1H3,(H,25,28)(H,26,30)(H,27,29). The molecule has 0 atom stereocenters. The Bertz CT molecular complexity index is 1060. The number of anilines is 2. The summed E-state index contributed by atoms with van der Waals surface area (Å²) in [4.78, 5) is 36.3. The summed E-state index contributed by atoms with van der Waals surface area (Å²) in [6, 6.07) is 20.4. The fourth-order valence-corrected chi connectivity index (χ4v) is 2.84. The highest BCUT2D eigenvalue weighted by Crippen LogP contribution is 2.20. The second kappa shape index (κ2) is 9.71. The Morgan fingerprint density at radius 3 is 2.13 bits per heavy atom. The molecule has 3 aromatic rings. The maximum Gasteiger partial charge on any atom is 0.257 e. The monoisotopic (exact) mass is 421 g/mol. The predicted molar refractivity (Wildman–Crippen MR) is 118 cm³/mol. The molecule has 3 amide bonds. The Morgan fingerprint density at radius 2 is 1.47 bits per heavy atom. The van der Waals surface area contributed by atoms with E-state index < -0.39 is 0 Å². The molecule has 0 aliphatic heterocycles. The highest BCUT2D eigenvalue weighted by molar-refractivity contribution is 6.30. The zero-order chi connectivity index (χ0) is 21.5. The Balaban J connectivity index is 1.70. The van der Waals surface area contributed by atoms with Crippen molar-refractivity contribution in [3.05, 3.63) is 94.5 Å². The van der Waals surface area contributed by atoms with Gasteiger partial charge in [0.25, 0.3) is 11.8 Å². The van der Waals surface area contributed by atoms with Crippen molar-refractivity contribution >= 4 is 40.7 Å². The molecule has 0 bridgehead atoms. The molecule has 0 aliphatic carbocycles. The first-order valence-corrected chi connectivity index (χ1v) is 9.61. The molecule has 3 rings (SSSR count). The quantitative estimate of drug-likeness (QED) is 0.548. The van der Waals surface area contributed by atoms with Gasteiger partial charge in [-0.1, -0.05) is 35.9 Å². The molecular weight excluding hydrogens is 402 g/mol. The number of hydrogen-bond acceptors (Lipinski definition) is 3. The summed E-state index contributed by atoms with van der Waals surface area (Å²) < 4.78 is 0. The van der Waals surface area contributed by atoms with Crippen LogP contribution in [0.5, 0.6) is 0 Å². The van der Waals surface area contributed by atoms with Crippen LogP contribution >= 0.6 is 11.6 Å². The topological polar surface area (TPSA) is 87.3 Å². The van der Waals surface area contributed by atoms with Crippen LogP contribution in [0.4, 0.5) is 11.4 Å². The van der Waals surface area contributed by atoms with Gasteiger partial charge >= 0.3 is 0 Å². The first-order valence-electron chi connectivity index (χ1n) is 9.23. The lowest BCUT2D eigenvalue weighted by molar-refractivity contribution is -0.119. The summed E-state index contributed by atoms with van der Waals surface area (Å²) in [5, 5.41) is 8.84. The number of nitrogens with one attached hydrogen (secondary N) is 3. The van der Waals surface area contributed by atoms with Gasteiger partial charge in [-0.25, -0.2) is 0 Å². The van der Waals surface area contributed by atoms with Gasteiger partial charge in [0.1, 0.15) is 0 Å². The summed E-state index contributed by atoms with van der Waals surface area (Å²) in [6.45, 7) is 1.84. The average Bonchev–Trinajstić information content (AvgIpc) is 2.74. The van der Waals surface area contributed by atoms with Gasteiger partial charge in [-0.05, 0) is 54.1 Å². The minimum Gasteiger partial charge on any atom is -0.352 e. The highest BCUT2D eigenvalue weighted by atomic mass is 35.5. The first kappa shape index (κ1) is 21.1. The van der Waals surface area contributed by atoms with Crippen LogP contribution in [-0.4, -0.2) is 17.7 Å². The van der Waals surface area contributed by atoms with Gasteiger partial charge in [0, 0.05) is 29.7 Å². The maximum absolute atomic E-state index is 12.7. The van der Waals surface area contributed by atoms with Crippen molar-refractivity contribution in [3.63, 3.8) is 0 Å². The van der Waals surface area contributed by atoms with Crippen LogP contribution in [0.15, 0.2) is 72.8 Å². The molecule has 0 unspecified atom stereocenters. The van der Waals surface area contributed by atoms with Crippen molar-refractivity contribution in [2.24, 2.45) is 0 Å². The lowest BCUT2D eigenvalue weighted by Crippen LogP contribution is -2.19. The van der Waals surface area contributed by atoms with Crippen LogP contribution in [0.25, 0.3) is 0 Å². The highest BCUT2D eigenvalue weighted by Gasteiger charge is 2.14. The number of carbonyl (C=O) groups is 3. The second-order valence-corrected chi connectivity index (χ2v) is 7.00. The van der Waals surface area contributed by atoms with Crippen molar-refractivity contribution in [2.45, 2.75) is 13.5 Å². The number of para-hydroxylation sites is 1. The molecule has 3 aromatic carbocycles. The van der Waals surface area contributed by atoms with E-state index in [0.717, 1.165) is 5.56 Å². The number of halogens is 1. The molecular formula is C23H20ClN3O3. The lowest BCUT2D eigenvalue weighted by atomic mass is 10.1. The largest absolute Gasteiger partial charge is 0.352 e. The van der Waals surface area contributed by atoms with Gasteiger partial charge in [0.2, 0.25) is 5.91 Å². The molecule has 30 heavy (non-hydrogen) atoms. The van der Waals surface area contributed by atoms with E-state index in [1.165, 1.54) is 6.92 Å². The number of amides is 3. The summed E-state index contributed by atoms with van der Waals surface area (Å²) in [7, 11) is 0. The van der Waals surface area contributed by atoms with Gasteiger partial charge < -0.3 is 16.0 Å². The number of benzene rings is 3. The van der Waals surface area contributed by atoms with Crippen molar-refractivity contribution in [1.82, 2.24) is 5.32 Å². The summed E-state index contributed by atoms with van der Waals surface area (Å²) in [6.07, 6.45) is 0. The Labute approximate surface area is 179 Å². The van der Waals surface area contributed by atoms with E-state index in [-0.39, 0.29) is 17.7 Å². The molecule has 0 saturated heterocycles. The van der Waals surface area contributed by atoms with Gasteiger partial charge in [-0.2, -0.15) is 0 Å². The van der Waals surface area contributed by atoms with Crippen LogP contribution < -0.4 is 16.0 Å². The molecule has 0 aromatic heterocycles. The minimum atomic E-state index is -0.348. The van der Waals surface area contributed by atoms with Gasteiger partial charge in [-0.15, -0.1) is 0 Å². The van der Waals surface area contributed by atoms with E-state index in [9.17, 15) is 14.4 Å². The number of hydrogen-bond donors (Lipinski definition) is 3. The molecule has 0 saturated carbocycles. The van der Waals surface area contributed by atoms with E-state index in [1.807, 2.05) is 0 Å². The summed E-state index contributed by atoms with van der Waals surface area (Å²) in [5.41, 5.74) is 2.65. The van der Waals surface area contributed by atoms with Crippen LogP contribution in [0, 0.1) is 0 Å². The van der Waals surface area contributed by atoms with E-state index in [0.29, 0.717) is 34.1 Å². The van der Waals surface area contributed by atoms with E-state index >= 15 is 0 Å². The van der Waals surface area contributed by atoms with Gasteiger partial charge in [-0.3, -0.25) is 14.4 Å². The van der Waals surface area contributed by atoms with E-state index in [1.54, 1.807) is 72.8 Å². The molecule has 0 fully saturated rings. The molecule has 7 heteroatoms. The number of rotatable bonds is 6. The van der Waals surface area contributed by atoms with E-state index in [4.69, 9.17) is 11.6 Å². The fraction of sp³-hybridized carbons (Fsp3) is 0.0870. The molecule has 6 nitrogen and oxygen atoms in total. The van der Waals surface area contributed by atoms with Gasteiger partial charge in [0.05, 0.1) is 11.3 Å². The normalized spacial score (nSPS) is 10.2. The zero-order valence-electron chi connectivity index (χ0n) is 16.2. The third-order valence-electron chi connectivity index (χ3n) is 4.28. The smallest absolute Gasteiger partial charge is 0.257 e. The molecule has 152 valence electrons. The van der Waals surface area contributed by atoms with Crippen molar-refractivity contribution in [3.8, 4) is 0 Å². The molecule has 0 spiro atoms. The zero-order valence-corrected chi connectivity index (χ0v) is 17.0. The average molecular weight is 422 g/mol. The SMILES string of the molecule is CC(=O)NCc1ccc(C(=O)Nc2ccccc2C(=O)Nc2ccc(Cl)cc2)cc1. The Hall–Kier alpha value is -3.64. The third-order valence-corrected chi connectivity index (χ3v) is 4.53. The molecule has 0 aliphatic rings. The van der Waals surface area contributed by atoms with Crippen LogP contribution in [0.2, 0.25) is 5.02 Å². The second-order valence-electron chi connectivity index (χ2n) is 6.57. The van der Waals surface area contributed by atoms with Gasteiger partial charge in [0.15, 0.2) is 0 Å². The summed E-state index contributed by atoms with van der Waals surface area (Å²) >= 11 is 5.87. The van der Waals surface area contributed by atoms with Crippen LogP contribution in [-0.2, 0) is 11.3 Å². The Kier molecular flexibility index (Phi) is 6.83. The lowest BCUT2D eigenvalue weighted by Gasteiger charge is -2.12. The minimum absolute atomic E-state index is 0.120. The maximum atomic E-state index is 12.7. The molecule has 3 N–H and O–H groups in total. The van der Waals surface area contributed by atoms with Crippen molar-refractivity contribution < 1.29 is 14.4 Å². The van der Waals surface area contributed by atoms with Crippen molar-refractivity contribution in [1.29, 1.82) is 0 Å². The molecule has 0 heterocycles. The Morgan fingerprint density at radius 1 is 0.800 bits per heavy atom. The van der Waals surface area contributed by atoms with Crippen LogP contribution in [0.1, 0.15) is 33.2 Å². The first-order chi connectivity index (χ1) is 14.4. The predicted octanol–water partition coefficient (Wildman–Crippen LogP) is 4.48. The summed E-state index contributed by atoms with van der Waals surface area (Å²) in [5.74, 6) is -0.808. The number of carbonyl (C=O) groups excluding carboxylic acids is 3. The third kappa shape index (κ3) is 5.68. The fourth-order valence-electron chi connectivity index (χ4n) is 2.72. The van der Waals surface area contributed by atoms with Crippen molar-refractivity contribution in [2.75, 3.05) is 10.6 Å².